The lowest BCUT2D eigenvalue weighted by molar-refractivity contribution is 0.436. The van der Waals surface area contributed by atoms with Crippen molar-refractivity contribution in [1.82, 2.24) is 9.88 Å². The first-order valence-corrected chi connectivity index (χ1v) is 11.4. The van der Waals surface area contributed by atoms with E-state index in [1.807, 2.05) is 24.2 Å². The monoisotopic (exact) mass is 457 g/mol. The zero-order chi connectivity index (χ0) is 23.0. The van der Waals surface area contributed by atoms with Crippen molar-refractivity contribution in [1.29, 1.82) is 0 Å². The summed E-state index contributed by atoms with van der Waals surface area (Å²) in [6.07, 6.45) is 3.60. The van der Waals surface area contributed by atoms with Gasteiger partial charge >= 0.3 is 0 Å². The highest BCUT2D eigenvalue weighted by Gasteiger charge is 2.24. The van der Waals surface area contributed by atoms with Gasteiger partial charge < -0.3 is 14.6 Å². The number of halogens is 2. The van der Waals surface area contributed by atoms with Gasteiger partial charge in [0.15, 0.2) is 11.6 Å². The van der Waals surface area contributed by atoms with E-state index in [4.69, 9.17) is 4.74 Å². The molecule has 0 saturated heterocycles. The van der Waals surface area contributed by atoms with E-state index in [9.17, 15) is 17.2 Å². The Morgan fingerprint density at radius 3 is 2.56 bits per heavy atom. The number of benzene rings is 2. The summed E-state index contributed by atoms with van der Waals surface area (Å²) in [5, 5.41) is 0. The molecule has 6 nitrogen and oxygen atoms in total. The molecule has 0 spiro atoms. The summed E-state index contributed by atoms with van der Waals surface area (Å²) in [5.74, 6) is -1.54. The first-order chi connectivity index (χ1) is 15.2. The number of ether oxygens (including phenoxy) is 1. The lowest BCUT2D eigenvalue weighted by Crippen LogP contribution is -2.16. The van der Waals surface area contributed by atoms with Gasteiger partial charge in [0.1, 0.15) is 11.6 Å². The van der Waals surface area contributed by atoms with Crippen molar-refractivity contribution in [2.45, 2.75) is 6.92 Å². The second-order valence-corrected chi connectivity index (χ2v) is 9.27. The number of anilines is 1. The first-order valence-electron chi connectivity index (χ1n) is 9.78. The van der Waals surface area contributed by atoms with Crippen LogP contribution in [0.15, 0.2) is 61.4 Å². The van der Waals surface area contributed by atoms with E-state index < -0.39 is 21.7 Å². The van der Waals surface area contributed by atoms with Crippen molar-refractivity contribution in [3.8, 4) is 11.5 Å². The minimum absolute atomic E-state index is 0.0887. The van der Waals surface area contributed by atoms with E-state index >= 15 is 0 Å². The van der Waals surface area contributed by atoms with Gasteiger partial charge in [0.05, 0.1) is 17.1 Å². The number of H-pyrrole nitrogens is 1. The van der Waals surface area contributed by atoms with Crippen LogP contribution >= 0.6 is 0 Å². The van der Waals surface area contributed by atoms with E-state index in [-0.39, 0.29) is 17.3 Å². The van der Waals surface area contributed by atoms with E-state index in [2.05, 4.69) is 16.3 Å². The van der Waals surface area contributed by atoms with Gasteiger partial charge in [-0.15, -0.1) is 0 Å². The maximum absolute atomic E-state index is 14.3. The molecule has 0 aliphatic carbocycles. The largest absolute Gasteiger partial charge is 0.454 e. The predicted molar refractivity (Wildman–Crippen MR) is 121 cm³/mol. The van der Waals surface area contributed by atoms with Crippen LogP contribution in [0.3, 0.4) is 0 Å². The van der Waals surface area contributed by atoms with Crippen LogP contribution in [-0.4, -0.2) is 31.1 Å². The highest BCUT2D eigenvalue weighted by Crippen LogP contribution is 2.41. The van der Waals surface area contributed by atoms with Gasteiger partial charge in [0, 0.05) is 47.9 Å². The Labute approximate surface area is 184 Å². The summed E-state index contributed by atoms with van der Waals surface area (Å²) in [6.45, 7) is 5.60. The van der Waals surface area contributed by atoms with Crippen LogP contribution in [0.2, 0.25) is 0 Å². The van der Waals surface area contributed by atoms with Crippen LogP contribution in [-0.2, 0) is 10.0 Å². The Hall–Kier alpha value is -3.59. The standard InChI is InChI=1S/C23H21F2N3O3S/c1-4-32(29,30)27-16-6-8-21(31-22-7-5-15(24)11-20(22)25)18(12-16)19-13-28(3)14(2)23-17(19)9-10-26-23/h5-13,26-27H,2,4H2,1,3H3. The van der Waals surface area contributed by atoms with Crippen LogP contribution in [0.4, 0.5) is 14.5 Å². The van der Waals surface area contributed by atoms with Crippen molar-refractivity contribution < 1.29 is 21.9 Å². The van der Waals surface area contributed by atoms with Crippen molar-refractivity contribution in [3.05, 3.63) is 89.9 Å². The number of sulfonamides is 1. The number of nitrogens with one attached hydrogen (secondary N) is 2. The molecule has 1 aliphatic heterocycles. The van der Waals surface area contributed by atoms with Gasteiger partial charge in [-0.2, -0.15) is 0 Å². The van der Waals surface area contributed by atoms with Crippen LogP contribution in [0.1, 0.15) is 23.7 Å². The molecule has 0 fully saturated rings. The summed E-state index contributed by atoms with van der Waals surface area (Å²) >= 11 is 0. The average Bonchev–Trinajstić information content (AvgIpc) is 3.24. The SMILES string of the molecule is C=C1c2[nH]ccc2C(c2cc(NS(=O)(=O)CC)ccc2Oc2ccc(F)cc2F)=CN1C. The lowest BCUT2D eigenvalue weighted by Gasteiger charge is -2.26. The fourth-order valence-electron chi connectivity index (χ4n) is 3.39. The van der Waals surface area contributed by atoms with Crippen LogP contribution in [0.25, 0.3) is 11.3 Å². The normalized spacial score (nSPS) is 13.6. The molecule has 0 radical (unpaired) electrons. The molecule has 1 aromatic heterocycles. The summed E-state index contributed by atoms with van der Waals surface area (Å²) in [4.78, 5) is 4.97. The third-order valence-corrected chi connectivity index (χ3v) is 6.42. The van der Waals surface area contributed by atoms with E-state index in [0.717, 1.165) is 29.1 Å². The first kappa shape index (κ1) is 21.6. The zero-order valence-corrected chi connectivity index (χ0v) is 18.3. The molecule has 2 N–H and O–H groups in total. The molecule has 0 atom stereocenters. The number of rotatable bonds is 6. The van der Waals surface area contributed by atoms with Crippen molar-refractivity contribution in [3.63, 3.8) is 0 Å². The van der Waals surface area contributed by atoms with E-state index in [1.165, 1.54) is 19.1 Å². The highest BCUT2D eigenvalue weighted by molar-refractivity contribution is 7.92. The predicted octanol–water partition coefficient (Wildman–Crippen LogP) is 5.15. The van der Waals surface area contributed by atoms with Crippen LogP contribution < -0.4 is 9.46 Å². The Morgan fingerprint density at radius 2 is 1.84 bits per heavy atom. The second kappa shape index (κ2) is 8.16. The Balaban J connectivity index is 1.86. The zero-order valence-electron chi connectivity index (χ0n) is 17.4. The number of hydrogen-bond donors (Lipinski definition) is 2. The minimum atomic E-state index is -3.52. The molecule has 4 rings (SSSR count). The summed E-state index contributed by atoms with van der Waals surface area (Å²) in [7, 11) is -1.69. The number of aromatic nitrogens is 1. The molecule has 1 aliphatic rings. The Morgan fingerprint density at radius 1 is 1.09 bits per heavy atom. The van der Waals surface area contributed by atoms with Crippen molar-refractivity contribution in [2.75, 3.05) is 17.5 Å². The quantitative estimate of drug-likeness (QED) is 0.537. The molecular formula is C23H21F2N3O3S. The highest BCUT2D eigenvalue weighted by atomic mass is 32.2. The molecule has 2 heterocycles. The van der Waals surface area contributed by atoms with Gasteiger partial charge in [-0.25, -0.2) is 17.2 Å². The fourth-order valence-corrected chi connectivity index (χ4v) is 4.02. The molecule has 32 heavy (non-hydrogen) atoms. The molecule has 2 aromatic carbocycles. The molecule has 0 amide bonds. The lowest BCUT2D eigenvalue weighted by atomic mass is 9.94. The summed E-state index contributed by atoms with van der Waals surface area (Å²) in [6, 6.07) is 9.59. The second-order valence-electron chi connectivity index (χ2n) is 7.26. The third kappa shape index (κ3) is 4.11. The molecule has 9 heteroatoms. The topological polar surface area (TPSA) is 74.4 Å². The molecule has 166 valence electrons. The van der Waals surface area contributed by atoms with Gasteiger partial charge in [-0.05, 0) is 43.3 Å². The number of nitrogens with zero attached hydrogens (tertiary/aromatic N) is 1. The number of hydrogen-bond acceptors (Lipinski definition) is 4. The molecule has 3 aromatic rings. The smallest absolute Gasteiger partial charge is 0.232 e. The van der Waals surface area contributed by atoms with Gasteiger partial charge in [-0.1, -0.05) is 6.58 Å². The van der Waals surface area contributed by atoms with Gasteiger partial charge in [0.2, 0.25) is 10.0 Å². The van der Waals surface area contributed by atoms with Gasteiger partial charge in [-0.3, -0.25) is 4.72 Å². The molecule has 0 saturated carbocycles. The van der Waals surface area contributed by atoms with E-state index in [0.29, 0.717) is 16.8 Å². The Kier molecular flexibility index (Phi) is 5.52. The van der Waals surface area contributed by atoms with Crippen LogP contribution in [0, 0.1) is 11.6 Å². The minimum Gasteiger partial charge on any atom is -0.454 e. The van der Waals surface area contributed by atoms with Crippen molar-refractivity contribution in [2.24, 2.45) is 0 Å². The Bertz CT molecular complexity index is 1350. The fraction of sp³-hybridized carbons (Fsp3) is 0.130. The van der Waals surface area contributed by atoms with Crippen LogP contribution in [0.5, 0.6) is 11.5 Å². The number of fused-ring (bicyclic) bond motifs is 1. The maximum Gasteiger partial charge on any atom is 0.232 e. The maximum atomic E-state index is 14.3. The molecular weight excluding hydrogens is 436 g/mol. The third-order valence-electron chi connectivity index (χ3n) is 5.11. The summed E-state index contributed by atoms with van der Waals surface area (Å²) in [5.41, 5.74) is 3.94. The van der Waals surface area contributed by atoms with Crippen molar-refractivity contribution >= 4 is 27.0 Å². The molecule has 0 bridgehead atoms. The van der Waals surface area contributed by atoms with E-state index in [1.54, 1.807) is 18.3 Å². The molecule has 0 unspecified atom stereocenters. The van der Waals surface area contributed by atoms with Gasteiger partial charge in [0.25, 0.3) is 0 Å². The summed E-state index contributed by atoms with van der Waals surface area (Å²) < 4.78 is 60.1. The number of aromatic amines is 1. The average molecular weight is 458 g/mol.